The van der Waals surface area contributed by atoms with Crippen LogP contribution in [-0.2, 0) is 4.43 Å². The average Bonchev–Trinajstić information content (AvgIpc) is 2.63. The molecule has 27 heavy (non-hydrogen) atoms. The van der Waals surface area contributed by atoms with Gasteiger partial charge in [-0.25, -0.2) is 0 Å². The van der Waals surface area contributed by atoms with Gasteiger partial charge in [0.15, 0.2) is 0 Å². The lowest BCUT2D eigenvalue weighted by Crippen LogP contribution is -2.48. The Balaban J connectivity index is 2.51. The van der Waals surface area contributed by atoms with E-state index in [-0.39, 0.29) is 6.10 Å². The first kappa shape index (κ1) is 21.7. The molecular weight excluding hydrogens is 344 g/mol. The van der Waals surface area contributed by atoms with Crippen LogP contribution in [0.4, 0.5) is 0 Å². The molecule has 2 aromatic carbocycles. The standard InChI is InChI=1S/C25H36OSi/c1-19(2)27(20(3)4,21(5)6)26-25(24-16-12-9-13-17-24)22(7)18-23-14-10-8-11-15-23/h8-21,25H,1-7H3/b22-18+. The molecule has 0 radical (unpaired) electrons. The largest absolute Gasteiger partial charge is 0.405 e. The van der Waals surface area contributed by atoms with Gasteiger partial charge in [-0.05, 0) is 40.2 Å². The van der Waals surface area contributed by atoms with Gasteiger partial charge in [-0.2, -0.15) is 0 Å². The van der Waals surface area contributed by atoms with Gasteiger partial charge in [0.25, 0.3) is 0 Å². The second-order valence-electron chi connectivity index (χ2n) is 8.53. The molecule has 1 nitrogen and oxygen atoms in total. The summed E-state index contributed by atoms with van der Waals surface area (Å²) in [5.74, 6) is 0. The molecule has 0 saturated carbocycles. The summed E-state index contributed by atoms with van der Waals surface area (Å²) in [7, 11) is -1.99. The molecule has 0 amide bonds. The SMILES string of the molecule is C/C(=C\c1ccccc1)C(O[Si](C(C)C)(C(C)C)C(C)C)c1ccccc1. The quantitative estimate of drug-likeness (QED) is 0.421. The van der Waals surface area contributed by atoms with E-state index in [1.165, 1.54) is 16.7 Å². The van der Waals surface area contributed by atoms with Crippen LogP contribution in [0.5, 0.6) is 0 Å². The van der Waals surface area contributed by atoms with Crippen LogP contribution in [0.15, 0.2) is 66.2 Å². The van der Waals surface area contributed by atoms with Crippen molar-refractivity contribution in [2.75, 3.05) is 0 Å². The van der Waals surface area contributed by atoms with Gasteiger partial charge < -0.3 is 4.43 Å². The smallest absolute Gasteiger partial charge is 0.201 e. The van der Waals surface area contributed by atoms with Gasteiger partial charge in [-0.3, -0.25) is 0 Å². The second-order valence-corrected chi connectivity index (χ2v) is 13.9. The van der Waals surface area contributed by atoms with Crippen molar-refractivity contribution in [2.45, 2.75) is 71.2 Å². The van der Waals surface area contributed by atoms with E-state index < -0.39 is 8.32 Å². The van der Waals surface area contributed by atoms with Crippen molar-refractivity contribution in [3.05, 3.63) is 77.4 Å². The first-order chi connectivity index (χ1) is 12.8. The maximum absolute atomic E-state index is 7.21. The zero-order valence-corrected chi connectivity index (χ0v) is 19.1. The van der Waals surface area contributed by atoms with Gasteiger partial charge >= 0.3 is 0 Å². The van der Waals surface area contributed by atoms with E-state index in [1.807, 2.05) is 0 Å². The Kier molecular flexibility index (Phi) is 7.64. The minimum atomic E-state index is -1.99. The van der Waals surface area contributed by atoms with Crippen molar-refractivity contribution in [3.8, 4) is 0 Å². The van der Waals surface area contributed by atoms with Gasteiger partial charge in [0.2, 0.25) is 8.32 Å². The predicted molar refractivity (Wildman–Crippen MR) is 121 cm³/mol. The van der Waals surface area contributed by atoms with Crippen LogP contribution >= 0.6 is 0 Å². The van der Waals surface area contributed by atoms with E-state index in [1.54, 1.807) is 0 Å². The lowest BCUT2D eigenvalue weighted by atomic mass is 10.0. The highest BCUT2D eigenvalue weighted by Gasteiger charge is 2.47. The maximum Gasteiger partial charge on any atom is 0.201 e. The Labute approximate surface area is 167 Å². The molecule has 0 saturated heterocycles. The van der Waals surface area contributed by atoms with Gasteiger partial charge in [-0.1, -0.05) is 108 Å². The van der Waals surface area contributed by atoms with E-state index in [9.17, 15) is 0 Å². The first-order valence-corrected chi connectivity index (χ1v) is 12.4. The summed E-state index contributed by atoms with van der Waals surface area (Å²) in [6.07, 6.45) is 2.28. The molecule has 1 atom stereocenters. The highest BCUT2D eigenvalue weighted by atomic mass is 28.4. The lowest BCUT2D eigenvalue weighted by Gasteiger charge is -2.45. The monoisotopic (exact) mass is 380 g/mol. The molecule has 0 aliphatic carbocycles. The van der Waals surface area contributed by atoms with E-state index in [2.05, 4.69) is 115 Å². The van der Waals surface area contributed by atoms with Crippen molar-refractivity contribution in [1.29, 1.82) is 0 Å². The third-order valence-electron chi connectivity index (χ3n) is 5.74. The lowest BCUT2D eigenvalue weighted by molar-refractivity contribution is 0.210. The van der Waals surface area contributed by atoms with Gasteiger partial charge in [0.1, 0.15) is 0 Å². The fraction of sp³-hybridized carbons (Fsp3) is 0.440. The number of hydrogen-bond donors (Lipinski definition) is 0. The van der Waals surface area contributed by atoms with Crippen molar-refractivity contribution in [3.63, 3.8) is 0 Å². The Morgan fingerprint density at radius 3 is 1.63 bits per heavy atom. The van der Waals surface area contributed by atoms with Crippen molar-refractivity contribution in [2.24, 2.45) is 0 Å². The third-order valence-corrected chi connectivity index (χ3v) is 11.8. The summed E-state index contributed by atoms with van der Waals surface area (Å²) in [6.45, 7) is 16.3. The fourth-order valence-corrected chi connectivity index (χ4v) is 10.1. The van der Waals surface area contributed by atoms with Crippen LogP contribution in [0.25, 0.3) is 6.08 Å². The highest BCUT2D eigenvalue weighted by Crippen LogP contribution is 2.46. The predicted octanol–water partition coefficient (Wildman–Crippen LogP) is 8.02. The summed E-state index contributed by atoms with van der Waals surface area (Å²) in [6, 6.07) is 21.3. The maximum atomic E-state index is 7.21. The molecular formula is C25H36OSi. The molecule has 0 aromatic heterocycles. The van der Waals surface area contributed by atoms with E-state index in [4.69, 9.17) is 4.43 Å². The molecule has 0 fully saturated rings. The van der Waals surface area contributed by atoms with E-state index in [0.29, 0.717) is 16.6 Å². The van der Waals surface area contributed by atoms with Crippen molar-refractivity contribution >= 4 is 14.4 Å². The van der Waals surface area contributed by atoms with Crippen LogP contribution in [0, 0.1) is 0 Å². The molecule has 0 N–H and O–H groups in total. The molecule has 0 aliphatic heterocycles. The zero-order valence-electron chi connectivity index (χ0n) is 18.1. The van der Waals surface area contributed by atoms with Crippen LogP contribution < -0.4 is 0 Å². The number of hydrogen-bond acceptors (Lipinski definition) is 1. The fourth-order valence-electron chi connectivity index (χ4n) is 4.55. The minimum absolute atomic E-state index is 0.00488. The number of rotatable bonds is 8. The summed E-state index contributed by atoms with van der Waals surface area (Å²) in [4.78, 5) is 0. The molecule has 0 aliphatic rings. The molecule has 0 spiro atoms. The highest BCUT2D eigenvalue weighted by molar-refractivity contribution is 6.77. The summed E-state index contributed by atoms with van der Waals surface area (Å²) >= 11 is 0. The molecule has 2 rings (SSSR count). The van der Waals surface area contributed by atoms with Crippen LogP contribution in [0.1, 0.15) is 65.7 Å². The summed E-state index contributed by atoms with van der Waals surface area (Å²) < 4.78 is 7.21. The van der Waals surface area contributed by atoms with Gasteiger partial charge in [0, 0.05) is 0 Å². The molecule has 2 heteroatoms. The Hall–Kier alpha value is -1.64. The Morgan fingerprint density at radius 1 is 0.741 bits per heavy atom. The molecule has 0 bridgehead atoms. The molecule has 2 aromatic rings. The normalized spacial score (nSPS) is 14.2. The number of benzene rings is 2. The van der Waals surface area contributed by atoms with Crippen LogP contribution in [-0.4, -0.2) is 8.32 Å². The Bertz CT molecular complexity index is 695. The van der Waals surface area contributed by atoms with Gasteiger partial charge in [0.05, 0.1) is 6.10 Å². The van der Waals surface area contributed by atoms with Crippen LogP contribution in [0.3, 0.4) is 0 Å². The summed E-state index contributed by atoms with van der Waals surface area (Å²) in [5, 5.41) is 0. The average molecular weight is 381 g/mol. The van der Waals surface area contributed by atoms with E-state index in [0.717, 1.165) is 0 Å². The molecule has 1 unspecified atom stereocenters. The van der Waals surface area contributed by atoms with Crippen molar-refractivity contribution < 1.29 is 4.43 Å². The molecule has 146 valence electrons. The molecule has 0 heterocycles. The van der Waals surface area contributed by atoms with Gasteiger partial charge in [-0.15, -0.1) is 0 Å². The van der Waals surface area contributed by atoms with E-state index >= 15 is 0 Å². The zero-order chi connectivity index (χ0) is 20.0. The second kappa shape index (κ2) is 9.52. The first-order valence-electron chi connectivity index (χ1n) is 10.2. The topological polar surface area (TPSA) is 9.23 Å². The third kappa shape index (κ3) is 5.00. The summed E-state index contributed by atoms with van der Waals surface area (Å²) in [5.41, 5.74) is 5.44. The van der Waals surface area contributed by atoms with Crippen LogP contribution in [0.2, 0.25) is 16.6 Å². The minimum Gasteiger partial charge on any atom is -0.405 e. The van der Waals surface area contributed by atoms with Crippen molar-refractivity contribution in [1.82, 2.24) is 0 Å². The Morgan fingerprint density at radius 2 is 1.19 bits per heavy atom.